The van der Waals surface area contributed by atoms with Gasteiger partial charge in [-0.1, -0.05) is 0 Å². The Morgan fingerprint density at radius 1 is 0.933 bits per heavy atom. The lowest BCUT2D eigenvalue weighted by atomic mass is 10.0. The van der Waals surface area contributed by atoms with Gasteiger partial charge < -0.3 is 25.0 Å². The molecule has 3 fully saturated rings. The van der Waals surface area contributed by atoms with Crippen LogP contribution in [-0.4, -0.2) is 91.7 Å². The fourth-order valence-corrected chi connectivity index (χ4v) is 7.76. The van der Waals surface area contributed by atoms with E-state index < -0.39 is 15.8 Å². The third-order valence-corrected chi connectivity index (χ3v) is 10.9. The molecular weight excluding hydrogens is 595 g/mol. The van der Waals surface area contributed by atoms with Crippen LogP contribution < -0.4 is 19.8 Å². The van der Waals surface area contributed by atoms with Gasteiger partial charge in [-0.05, 0) is 81.3 Å². The van der Waals surface area contributed by atoms with Crippen LogP contribution in [0.25, 0.3) is 11.0 Å². The highest BCUT2D eigenvalue weighted by Gasteiger charge is 2.38. The quantitative estimate of drug-likeness (QED) is 0.236. The topological polar surface area (TPSA) is 127 Å². The van der Waals surface area contributed by atoms with Crippen LogP contribution >= 0.6 is 0 Å². The molecule has 0 spiro atoms. The van der Waals surface area contributed by atoms with Gasteiger partial charge in [-0.2, -0.15) is 9.97 Å². The molecule has 13 heteroatoms. The number of sulfonamides is 1. The number of ketones is 1. The molecule has 2 aromatic carbocycles. The molecule has 4 heterocycles. The number of halogens is 1. The van der Waals surface area contributed by atoms with Crippen LogP contribution in [0.2, 0.25) is 0 Å². The average molecular weight is 633 g/mol. The van der Waals surface area contributed by atoms with Crippen molar-refractivity contribution < 1.29 is 17.6 Å². The molecule has 7 rings (SSSR count). The van der Waals surface area contributed by atoms with E-state index in [-0.39, 0.29) is 17.1 Å². The van der Waals surface area contributed by atoms with E-state index in [1.54, 1.807) is 6.20 Å². The number of nitrogens with zero attached hydrogens (tertiary/aromatic N) is 5. The summed E-state index contributed by atoms with van der Waals surface area (Å²) in [6, 6.07) is 13.3. The number of aromatic nitrogens is 3. The first kappa shape index (κ1) is 29.6. The van der Waals surface area contributed by atoms with Crippen LogP contribution in [0.4, 0.5) is 27.5 Å². The smallest absolute Gasteiger partial charge is 0.231 e. The minimum Gasteiger partial charge on any atom is -0.369 e. The van der Waals surface area contributed by atoms with Crippen molar-refractivity contribution in [1.82, 2.24) is 24.6 Å². The number of aromatic amines is 1. The summed E-state index contributed by atoms with van der Waals surface area (Å²) < 4.78 is 42.0. The SMILES string of the molecule is CN1CCN(c2ccc(Nc3nc(N4CCCC(NS(=O)(=O)C5CC5)C4)c4c(C(=O)c5ccc(F)cc5)c[nH]c4n3)cc2)CC1. The van der Waals surface area contributed by atoms with Gasteiger partial charge in [0, 0.05) is 68.4 Å². The first-order valence-electron chi connectivity index (χ1n) is 15.5. The number of rotatable bonds is 9. The molecule has 11 nitrogen and oxygen atoms in total. The van der Waals surface area contributed by atoms with E-state index in [0.717, 1.165) is 50.4 Å². The Morgan fingerprint density at radius 3 is 2.38 bits per heavy atom. The van der Waals surface area contributed by atoms with E-state index >= 15 is 0 Å². The van der Waals surface area contributed by atoms with Crippen molar-refractivity contribution in [1.29, 1.82) is 0 Å². The number of anilines is 4. The minimum absolute atomic E-state index is 0.275. The number of carbonyl (C=O) groups is 1. The molecule has 1 unspecified atom stereocenters. The van der Waals surface area contributed by atoms with Crippen LogP contribution in [0.15, 0.2) is 54.7 Å². The first-order valence-corrected chi connectivity index (χ1v) is 17.0. The number of fused-ring (bicyclic) bond motifs is 1. The van der Waals surface area contributed by atoms with E-state index in [9.17, 15) is 17.6 Å². The van der Waals surface area contributed by atoms with Crippen molar-refractivity contribution in [2.24, 2.45) is 0 Å². The summed E-state index contributed by atoms with van der Waals surface area (Å²) >= 11 is 0. The molecule has 2 aliphatic heterocycles. The van der Waals surface area contributed by atoms with E-state index in [1.165, 1.54) is 24.3 Å². The normalized spacial score (nSPS) is 19.6. The van der Waals surface area contributed by atoms with Crippen LogP contribution in [0, 0.1) is 5.82 Å². The second-order valence-electron chi connectivity index (χ2n) is 12.2. The summed E-state index contributed by atoms with van der Waals surface area (Å²) in [5.41, 5.74) is 3.17. The molecule has 0 radical (unpaired) electrons. The molecule has 3 aliphatic rings. The lowest BCUT2D eigenvalue weighted by molar-refractivity contribution is 0.104. The molecule has 236 valence electrons. The Bertz CT molecular complexity index is 1800. The van der Waals surface area contributed by atoms with Gasteiger partial charge in [0.05, 0.1) is 16.2 Å². The maximum Gasteiger partial charge on any atom is 0.231 e. The molecule has 0 bridgehead atoms. The van der Waals surface area contributed by atoms with Gasteiger partial charge in [0.25, 0.3) is 0 Å². The Balaban J connectivity index is 1.21. The number of benzene rings is 2. The lowest BCUT2D eigenvalue weighted by Gasteiger charge is -2.34. The van der Waals surface area contributed by atoms with Crippen molar-refractivity contribution in [2.75, 3.05) is 61.4 Å². The van der Waals surface area contributed by atoms with Gasteiger partial charge in [0.15, 0.2) is 5.78 Å². The molecule has 4 aromatic rings. The minimum atomic E-state index is -3.37. The van der Waals surface area contributed by atoms with Gasteiger partial charge in [0.1, 0.15) is 17.3 Å². The highest BCUT2D eigenvalue weighted by atomic mass is 32.2. The molecule has 1 saturated carbocycles. The maximum atomic E-state index is 13.6. The largest absolute Gasteiger partial charge is 0.369 e. The summed E-state index contributed by atoms with van der Waals surface area (Å²) in [5.74, 6) is 0.191. The number of piperidine rings is 1. The van der Waals surface area contributed by atoms with E-state index in [1.807, 2.05) is 17.0 Å². The fraction of sp³-hybridized carbons (Fsp3) is 0.406. The van der Waals surface area contributed by atoms with Gasteiger partial charge >= 0.3 is 0 Å². The zero-order valence-corrected chi connectivity index (χ0v) is 26.0. The molecule has 2 saturated heterocycles. The van der Waals surface area contributed by atoms with Crippen molar-refractivity contribution in [3.63, 3.8) is 0 Å². The van der Waals surface area contributed by atoms with Gasteiger partial charge in [-0.15, -0.1) is 0 Å². The monoisotopic (exact) mass is 632 g/mol. The summed E-state index contributed by atoms with van der Waals surface area (Å²) in [4.78, 5) is 33.1. The van der Waals surface area contributed by atoms with Gasteiger partial charge in [0.2, 0.25) is 16.0 Å². The zero-order chi connectivity index (χ0) is 31.1. The van der Waals surface area contributed by atoms with Crippen LogP contribution in [0.5, 0.6) is 0 Å². The van der Waals surface area contributed by atoms with Crippen molar-refractivity contribution in [3.8, 4) is 0 Å². The van der Waals surface area contributed by atoms with Crippen molar-refractivity contribution >= 4 is 50.0 Å². The number of hydrogen-bond donors (Lipinski definition) is 3. The van der Waals surface area contributed by atoms with Crippen LogP contribution in [0.1, 0.15) is 41.6 Å². The third-order valence-electron chi connectivity index (χ3n) is 8.87. The predicted molar refractivity (Wildman–Crippen MR) is 173 cm³/mol. The summed E-state index contributed by atoms with van der Waals surface area (Å²) in [6.45, 7) is 5.06. The zero-order valence-electron chi connectivity index (χ0n) is 25.2. The standard InChI is InChI=1S/C32H37FN8O3S/c1-39-15-17-40(18-16-39)25-10-8-23(9-11-25)35-32-36-30-28(27(19-34-30)29(42)21-4-6-22(33)7-5-21)31(37-32)41-14-2-3-24(20-41)38-45(43,44)26-12-13-26/h4-11,19,24,26,38H,2-3,12-18,20H2,1H3,(H2,34,35,36,37). The Hall–Kier alpha value is -4.07. The highest BCUT2D eigenvalue weighted by molar-refractivity contribution is 7.90. The van der Waals surface area contributed by atoms with E-state index in [2.05, 4.69) is 44.0 Å². The van der Waals surface area contributed by atoms with Gasteiger partial charge in [-0.3, -0.25) is 4.79 Å². The second kappa shape index (κ2) is 12.0. The second-order valence-corrected chi connectivity index (χ2v) is 14.2. The Morgan fingerprint density at radius 2 is 1.67 bits per heavy atom. The number of hydrogen-bond acceptors (Lipinski definition) is 9. The summed E-state index contributed by atoms with van der Waals surface area (Å²) in [6.07, 6.45) is 4.48. The number of likely N-dealkylation sites (N-methyl/N-ethyl adjacent to an activating group) is 1. The van der Waals surface area contributed by atoms with Crippen LogP contribution in [-0.2, 0) is 10.0 Å². The van der Waals surface area contributed by atoms with Crippen molar-refractivity contribution in [2.45, 2.75) is 37.0 Å². The fourth-order valence-electron chi connectivity index (χ4n) is 6.16. The molecule has 1 atom stereocenters. The lowest BCUT2D eigenvalue weighted by Crippen LogP contribution is -2.48. The number of piperazine rings is 1. The number of nitrogens with one attached hydrogen (secondary N) is 3. The molecular formula is C32H37FN8O3S. The molecule has 0 amide bonds. The van der Waals surface area contributed by atoms with E-state index in [4.69, 9.17) is 9.97 Å². The maximum absolute atomic E-state index is 13.6. The Kier molecular flexibility index (Phi) is 7.92. The highest BCUT2D eigenvalue weighted by Crippen LogP contribution is 2.34. The molecule has 2 aromatic heterocycles. The first-order chi connectivity index (χ1) is 21.7. The summed E-state index contributed by atoms with van der Waals surface area (Å²) in [7, 11) is -1.23. The third kappa shape index (κ3) is 6.37. The average Bonchev–Trinajstić information content (AvgIpc) is 3.82. The molecule has 1 aliphatic carbocycles. The molecule has 45 heavy (non-hydrogen) atoms. The predicted octanol–water partition coefficient (Wildman–Crippen LogP) is 3.87. The summed E-state index contributed by atoms with van der Waals surface area (Å²) in [5, 5.41) is 3.57. The number of carbonyl (C=O) groups excluding carboxylic acids is 1. The van der Waals surface area contributed by atoms with Crippen molar-refractivity contribution in [3.05, 3.63) is 71.7 Å². The molecule has 3 N–H and O–H groups in total. The van der Waals surface area contributed by atoms with Gasteiger partial charge in [-0.25, -0.2) is 17.5 Å². The van der Waals surface area contributed by atoms with Crippen LogP contribution in [0.3, 0.4) is 0 Å². The number of H-pyrrole nitrogens is 1. The van der Waals surface area contributed by atoms with E-state index in [0.29, 0.717) is 59.9 Å². The Labute approximate surface area is 261 Å².